The Morgan fingerprint density at radius 3 is 2.81 bits per heavy atom. The Bertz CT molecular complexity index is 607. The minimum atomic E-state index is -0.349. The van der Waals surface area contributed by atoms with Crippen LogP contribution in [0.4, 0.5) is 11.5 Å². The first kappa shape index (κ1) is 15.5. The van der Waals surface area contributed by atoms with E-state index in [1.807, 2.05) is 24.4 Å². The highest BCUT2D eigenvalue weighted by Crippen LogP contribution is 2.33. The van der Waals surface area contributed by atoms with Crippen molar-refractivity contribution in [3.8, 4) is 0 Å². The monoisotopic (exact) mass is 308 g/mol. The maximum atomic E-state index is 11.3. The molecule has 1 N–H and O–H groups in total. The minimum Gasteiger partial charge on any atom is -0.357 e. The molecule has 0 fully saturated rings. The van der Waals surface area contributed by atoms with Crippen LogP contribution in [0, 0.1) is 17.0 Å². The smallest absolute Gasteiger partial charge is 0.333 e. The second-order valence-corrected chi connectivity index (χ2v) is 5.86. The number of hydrogen-bond donors (Lipinski definition) is 1. The zero-order valence-corrected chi connectivity index (χ0v) is 13.3. The van der Waals surface area contributed by atoms with Crippen molar-refractivity contribution in [3.63, 3.8) is 0 Å². The van der Waals surface area contributed by atoms with Crippen molar-refractivity contribution in [2.24, 2.45) is 0 Å². The Morgan fingerprint density at radius 2 is 2.29 bits per heavy atom. The van der Waals surface area contributed by atoms with Crippen molar-refractivity contribution >= 4 is 22.8 Å². The summed E-state index contributed by atoms with van der Waals surface area (Å²) in [5.74, 6) is 0.514. The molecule has 0 aliphatic heterocycles. The Labute approximate surface area is 127 Å². The molecule has 2 heterocycles. The van der Waals surface area contributed by atoms with Gasteiger partial charge in [0.25, 0.3) is 0 Å². The summed E-state index contributed by atoms with van der Waals surface area (Å²) in [6, 6.07) is 4.11. The van der Waals surface area contributed by atoms with Gasteiger partial charge in [0.1, 0.15) is 5.69 Å². The second kappa shape index (κ2) is 6.71. The summed E-state index contributed by atoms with van der Waals surface area (Å²) < 4.78 is 1.71. The fourth-order valence-corrected chi connectivity index (χ4v) is 3.20. The van der Waals surface area contributed by atoms with Crippen molar-refractivity contribution in [2.75, 3.05) is 5.32 Å². The molecule has 2 aromatic rings. The van der Waals surface area contributed by atoms with Gasteiger partial charge >= 0.3 is 5.69 Å². The standard InChI is InChI=1S/C14H20N4O2S/c1-4-8-17-14(13(18(19)20)10(3)16-17)15-11(5-2)12-7-6-9-21-12/h6-7,9,11,15H,4-5,8H2,1-3H3. The van der Waals surface area contributed by atoms with E-state index in [0.717, 1.165) is 12.8 Å². The highest BCUT2D eigenvalue weighted by molar-refractivity contribution is 7.10. The van der Waals surface area contributed by atoms with Crippen LogP contribution >= 0.6 is 11.3 Å². The van der Waals surface area contributed by atoms with Crippen LogP contribution in [-0.2, 0) is 6.54 Å². The number of aromatic nitrogens is 2. The normalized spacial score (nSPS) is 12.3. The fraction of sp³-hybridized carbons (Fsp3) is 0.500. The molecule has 0 spiro atoms. The molecule has 0 aliphatic rings. The lowest BCUT2D eigenvalue weighted by molar-refractivity contribution is -0.384. The van der Waals surface area contributed by atoms with Crippen molar-refractivity contribution in [1.29, 1.82) is 0 Å². The molecule has 6 nitrogen and oxygen atoms in total. The molecule has 114 valence electrons. The van der Waals surface area contributed by atoms with Crippen molar-refractivity contribution in [2.45, 2.75) is 46.2 Å². The largest absolute Gasteiger partial charge is 0.357 e. The molecule has 2 rings (SSSR count). The summed E-state index contributed by atoms with van der Waals surface area (Å²) in [7, 11) is 0. The molecule has 0 saturated heterocycles. The molecule has 1 unspecified atom stereocenters. The van der Waals surface area contributed by atoms with Gasteiger partial charge in [0, 0.05) is 11.4 Å². The van der Waals surface area contributed by atoms with E-state index in [1.165, 1.54) is 4.88 Å². The third kappa shape index (κ3) is 3.24. The van der Waals surface area contributed by atoms with E-state index in [2.05, 4.69) is 17.3 Å². The average molecular weight is 308 g/mol. The maximum absolute atomic E-state index is 11.3. The SMILES string of the molecule is CCCn1nc(C)c([N+](=O)[O-])c1NC(CC)c1cccs1. The highest BCUT2D eigenvalue weighted by atomic mass is 32.1. The number of nitrogens with one attached hydrogen (secondary N) is 1. The van der Waals surface area contributed by atoms with Crippen LogP contribution in [0.1, 0.15) is 43.3 Å². The van der Waals surface area contributed by atoms with Crippen LogP contribution in [0.25, 0.3) is 0 Å². The molecule has 0 amide bonds. The van der Waals surface area contributed by atoms with E-state index in [-0.39, 0.29) is 16.7 Å². The zero-order chi connectivity index (χ0) is 15.4. The zero-order valence-electron chi connectivity index (χ0n) is 12.5. The highest BCUT2D eigenvalue weighted by Gasteiger charge is 2.27. The van der Waals surface area contributed by atoms with Gasteiger partial charge in [0.2, 0.25) is 5.82 Å². The van der Waals surface area contributed by atoms with E-state index in [4.69, 9.17) is 0 Å². The lowest BCUT2D eigenvalue weighted by Gasteiger charge is -2.17. The van der Waals surface area contributed by atoms with Gasteiger partial charge < -0.3 is 5.32 Å². The third-order valence-electron chi connectivity index (χ3n) is 3.32. The Kier molecular flexibility index (Phi) is 4.95. The summed E-state index contributed by atoms with van der Waals surface area (Å²) in [6.07, 6.45) is 1.73. The fourth-order valence-electron chi connectivity index (χ4n) is 2.34. The first-order valence-electron chi connectivity index (χ1n) is 7.10. The number of nitrogens with zero attached hydrogens (tertiary/aromatic N) is 3. The molecule has 21 heavy (non-hydrogen) atoms. The van der Waals surface area contributed by atoms with Gasteiger partial charge in [-0.05, 0) is 31.2 Å². The first-order chi connectivity index (χ1) is 10.1. The van der Waals surface area contributed by atoms with Crippen LogP contribution in [0.2, 0.25) is 0 Å². The number of anilines is 1. The number of thiophene rings is 1. The molecular formula is C14H20N4O2S. The van der Waals surface area contributed by atoms with Gasteiger partial charge in [0.05, 0.1) is 11.0 Å². The lowest BCUT2D eigenvalue weighted by atomic mass is 10.2. The number of hydrogen-bond acceptors (Lipinski definition) is 5. The molecular weight excluding hydrogens is 288 g/mol. The van der Waals surface area contributed by atoms with Crippen LogP contribution in [0.15, 0.2) is 17.5 Å². The van der Waals surface area contributed by atoms with Gasteiger partial charge in [0.15, 0.2) is 0 Å². The topological polar surface area (TPSA) is 73.0 Å². The number of nitro groups is 1. The summed E-state index contributed by atoms with van der Waals surface area (Å²) >= 11 is 1.65. The molecule has 0 aliphatic carbocycles. The number of aryl methyl sites for hydroxylation is 2. The van der Waals surface area contributed by atoms with Gasteiger partial charge in [-0.2, -0.15) is 5.10 Å². The first-order valence-corrected chi connectivity index (χ1v) is 7.98. The summed E-state index contributed by atoms with van der Waals surface area (Å²) in [4.78, 5) is 12.2. The Morgan fingerprint density at radius 1 is 1.52 bits per heavy atom. The predicted molar refractivity (Wildman–Crippen MR) is 84.9 cm³/mol. The van der Waals surface area contributed by atoms with E-state index in [9.17, 15) is 10.1 Å². The Hall–Kier alpha value is -1.89. The van der Waals surface area contributed by atoms with E-state index in [0.29, 0.717) is 18.1 Å². The van der Waals surface area contributed by atoms with Crippen LogP contribution in [0.5, 0.6) is 0 Å². The van der Waals surface area contributed by atoms with Gasteiger partial charge in [-0.15, -0.1) is 11.3 Å². The van der Waals surface area contributed by atoms with E-state index < -0.39 is 0 Å². The molecule has 2 aromatic heterocycles. The molecule has 0 bridgehead atoms. The van der Waals surface area contributed by atoms with Crippen molar-refractivity contribution < 1.29 is 4.92 Å². The molecule has 0 aromatic carbocycles. The molecule has 1 atom stereocenters. The van der Waals surface area contributed by atoms with Crippen LogP contribution in [0.3, 0.4) is 0 Å². The van der Waals surface area contributed by atoms with Gasteiger partial charge in [-0.1, -0.05) is 19.9 Å². The molecule has 0 radical (unpaired) electrons. The van der Waals surface area contributed by atoms with Crippen LogP contribution < -0.4 is 5.32 Å². The van der Waals surface area contributed by atoms with Crippen LogP contribution in [-0.4, -0.2) is 14.7 Å². The summed E-state index contributed by atoms with van der Waals surface area (Å²) in [5.41, 5.74) is 0.537. The third-order valence-corrected chi connectivity index (χ3v) is 4.31. The maximum Gasteiger partial charge on any atom is 0.333 e. The second-order valence-electron chi connectivity index (χ2n) is 4.88. The number of rotatable bonds is 7. The Balaban J connectivity index is 2.38. The lowest BCUT2D eigenvalue weighted by Crippen LogP contribution is -2.14. The van der Waals surface area contributed by atoms with Crippen molar-refractivity contribution in [3.05, 3.63) is 38.2 Å². The predicted octanol–water partition coefficient (Wildman–Crippen LogP) is 4.13. The van der Waals surface area contributed by atoms with Gasteiger partial charge in [-0.3, -0.25) is 10.1 Å². The van der Waals surface area contributed by atoms with Gasteiger partial charge in [-0.25, -0.2) is 4.68 Å². The van der Waals surface area contributed by atoms with E-state index >= 15 is 0 Å². The molecule has 7 heteroatoms. The van der Waals surface area contributed by atoms with Crippen molar-refractivity contribution in [1.82, 2.24) is 9.78 Å². The summed E-state index contributed by atoms with van der Waals surface area (Å²) in [5, 5.41) is 21.0. The average Bonchev–Trinajstić information content (AvgIpc) is 3.04. The minimum absolute atomic E-state index is 0.0652. The summed E-state index contributed by atoms with van der Waals surface area (Å²) in [6.45, 7) is 6.44. The quantitative estimate of drug-likeness (QED) is 0.616. The molecule has 0 saturated carbocycles. The van der Waals surface area contributed by atoms with E-state index in [1.54, 1.807) is 22.9 Å².